The fourth-order valence-electron chi connectivity index (χ4n) is 2.85. The van der Waals surface area contributed by atoms with E-state index >= 15 is 0 Å². The number of ether oxygens (including phenoxy) is 3. The van der Waals surface area contributed by atoms with Gasteiger partial charge >= 0.3 is 5.97 Å². The van der Waals surface area contributed by atoms with E-state index in [2.05, 4.69) is 10.2 Å². The first-order valence-electron chi connectivity index (χ1n) is 9.43. The minimum Gasteiger partial charge on any atom is -0.488 e. The number of aromatic nitrogens is 3. The Morgan fingerprint density at radius 3 is 2.55 bits per heavy atom. The Bertz CT molecular complexity index is 1010. The molecule has 2 heterocycles. The molecule has 0 saturated carbocycles. The summed E-state index contributed by atoms with van der Waals surface area (Å²) in [6, 6.07) is 13.3. The van der Waals surface area contributed by atoms with E-state index in [0.29, 0.717) is 31.1 Å². The molecule has 3 aromatic rings. The number of ketones is 1. The number of carbonyl (C=O) groups is 2. The van der Waals surface area contributed by atoms with Crippen molar-refractivity contribution in [3.63, 3.8) is 0 Å². The highest BCUT2D eigenvalue weighted by Crippen LogP contribution is 2.26. The third-order valence-corrected chi connectivity index (χ3v) is 4.40. The molecule has 0 bridgehead atoms. The van der Waals surface area contributed by atoms with Crippen LogP contribution in [0, 0.1) is 0 Å². The maximum absolute atomic E-state index is 11.5. The van der Waals surface area contributed by atoms with Crippen molar-refractivity contribution in [3.8, 4) is 11.4 Å². The second-order valence-corrected chi connectivity index (χ2v) is 6.90. The number of rotatable bonds is 9. The zero-order valence-corrected chi connectivity index (χ0v) is 16.0. The molecule has 1 saturated heterocycles. The predicted molar refractivity (Wildman–Crippen MR) is 104 cm³/mol. The van der Waals surface area contributed by atoms with Crippen LogP contribution < -0.4 is 4.74 Å². The van der Waals surface area contributed by atoms with E-state index in [4.69, 9.17) is 14.2 Å². The van der Waals surface area contributed by atoms with Crippen molar-refractivity contribution in [2.75, 3.05) is 19.8 Å². The van der Waals surface area contributed by atoms with Gasteiger partial charge in [0.15, 0.2) is 0 Å². The highest BCUT2D eigenvalue weighted by Gasteiger charge is 2.24. The van der Waals surface area contributed by atoms with Crippen molar-refractivity contribution < 1.29 is 23.8 Å². The summed E-state index contributed by atoms with van der Waals surface area (Å²) in [6.45, 7) is 2.73. The molecule has 1 unspecified atom stereocenters. The van der Waals surface area contributed by atoms with Crippen molar-refractivity contribution in [2.24, 2.45) is 0 Å². The number of fused-ring (bicyclic) bond motifs is 1. The molecule has 1 fully saturated rings. The molecule has 1 aliphatic rings. The fourth-order valence-corrected chi connectivity index (χ4v) is 2.85. The Balaban J connectivity index is 1.53. The van der Waals surface area contributed by atoms with E-state index in [0.717, 1.165) is 16.6 Å². The van der Waals surface area contributed by atoms with Crippen molar-refractivity contribution in [2.45, 2.75) is 25.9 Å². The van der Waals surface area contributed by atoms with Gasteiger partial charge in [-0.05, 0) is 36.8 Å². The van der Waals surface area contributed by atoms with Crippen molar-refractivity contribution in [3.05, 3.63) is 48.0 Å². The Kier molecular flexibility index (Phi) is 5.53. The summed E-state index contributed by atoms with van der Waals surface area (Å²) in [7, 11) is 0. The summed E-state index contributed by atoms with van der Waals surface area (Å²) in [5.74, 6) is -0.0736. The normalized spacial score (nSPS) is 15.3. The molecule has 29 heavy (non-hydrogen) atoms. The molecule has 1 aliphatic heterocycles. The smallest absolute Gasteiger partial charge is 0.313 e. The summed E-state index contributed by atoms with van der Waals surface area (Å²) in [5, 5.41) is 9.08. The van der Waals surface area contributed by atoms with Gasteiger partial charge < -0.3 is 14.2 Å². The van der Waals surface area contributed by atoms with Gasteiger partial charge in [-0.3, -0.25) is 9.59 Å². The van der Waals surface area contributed by atoms with Gasteiger partial charge in [-0.1, -0.05) is 18.2 Å². The van der Waals surface area contributed by atoms with Crippen LogP contribution in [0.1, 0.15) is 18.9 Å². The number of Topliss-reactive ketones (excluding diaryl/α,β-unsaturated/α-hetero) is 1. The van der Waals surface area contributed by atoms with E-state index in [1.807, 2.05) is 42.5 Å². The van der Waals surface area contributed by atoms with Gasteiger partial charge in [0, 0.05) is 6.42 Å². The van der Waals surface area contributed by atoms with Crippen LogP contribution in [0.5, 0.6) is 5.75 Å². The van der Waals surface area contributed by atoms with Crippen molar-refractivity contribution in [1.82, 2.24) is 15.0 Å². The SMILES string of the molecule is CC(=O)CC(=O)OCCc1ccc(OCC2CO2)c(-n2nc3ccccc3n2)c1. The Hall–Kier alpha value is -3.26. The summed E-state index contributed by atoms with van der Waals surface area (Å²) in [4.78, 5) is 24.1. The fraction of sp³-hybridized carbons (Fsp3) is 0.333. The maximum Gasteiger partial charge on any atom is 0.313 e. The molecule has 0 radical (unpaired) electrons. The number of hydrogen-bond donors (Lipinski definition) is 0. The van der Waals surface area contributed by atoms with Crippen LogP contribution >= 0.6 is 0 Å². The molecular weight excluding hydrogens is 374 g/mol. The average Bonchev–Trinajstić information content (AvgIpc) is 3.42. The van der Waals surface area contributed by atoms with Crippen molar-refractivity contribution >= 4 is 22.8 Å². The van der Waals surface area contributed by atoms with Crippen LogP contribution in [-0.2, 0) is 25.5 Å². The topological polar surface area (TPSA) is 95.8 Å². The zero-order valence-electron chi connectivity index (χ0n) is 16.0. The maximum atomic E-state index is 11.5. The largest absolute Gasteiger partial charge is 0.488 e. The molecule has 8 nitrogen and oxygen atoms in total. The molecule has 0 amide bonds. The highest BCUT2D eigenvalue weighted by atomic mass is 16.6. The standard InChI is InChI=1S/C21H21N3O5/c1-14(25)10-21(26)27-9-8-15-6-7-20(29-13-16-12-28-16)19(11-15)24-22-17-4-2-3-5-18(17)23-24/h2-7,11,16H,8-10,12-13H2,1H3. The van der Waals surface area contributed by atoms with Gasteiger partial charge in [0.2, 0.25) is 0 Å². The molecule has 8 heteroatoms. The highest BCUT2D eigenvalue weighted by molar-refractivity contribution is 5.94. The molecule has 1 aromatic heterocycles. The first kappa shape index (κ1) is 19.1. The minimum absolute atomic E-state index is 0.132. The molecule has 1 atom stereocenters. The van der Waals surface area contributed by atoms with Crippen LogP contribution in [0.3, 0.4) is 0 Å². The Morgan fingerprint density at radius 1 is 1.17 bits per heavy atom. The molecule has 0 aliphatic carbocycles. The molecule has 150 valence electrons. The molecule has 4 rings (SSSR count). The van der Waals surface area contributed by atoms with Gasteiger partial charge in [0.25, 0.3) is 0 Å². The summed E-state index contributed by atoms with van der Waals surface area (Å²) >= 11 is 0. The molecular formula is C21H21N3O5. The van der Waals surface area contributed by atoms with Crippen LogP contribution in [0.15, 0.2) is 42.5 Å². The van der Waals surface area contributed by atoms with Gasteiger partial charge in [0.1, 0.15) is 47.4 Å². The summed E-state index contributed by atoms with van der Waals surface area (Å²) in [6.07, 6.45) is 0.432. The Labute approximate surface area is 167 Å². The monoisotopic (exact) mass is 395 g/mol. The second-order valence-electron chi connectivity index (χ2n) is 6.90. The first-order valence-corrected chi connectivity index (χ1v) is 9.43. The van der Waals surface area contributed by atoms with Crippen LogP contribution in [0.4, 0.5) is 0 Å². The summed E-state index contributed by atoms with van der Waals surface area (Å²) < 4.78 is 16.2. The van der Waals surface area contributed by atoms with E-state index in [-0.39, 0.29) is 24.9 Å². The molecule has 0 N–H and O–H groups in total. The molecule has 0 spiro atoms. The average molecular weight is 395 g/mol. The van der Waals surface area contributed by atoms with Gasteiger partial charge in [-0.25, -0.2) is 0 Å². The number of esters is 1. The van der Waals surface area contributed by atoms with Gasteiger partial charge in [-0.2, -0.15) is 0 Å². The lowest BCUT2D eigenvalue weighted by molar-refractivity contribution is -0.145. The van der Waals surface area contributed by atoms with E-state index in [1.165, 1.54) is 6.92 Å². The number of carbonyl (C=O) groups excluding carboxylic acids is 2. The zero-order chi connectivity index (χ0) is 20.2. The third-order valence-electron chi connectivity index (χ3n) is 4.40. The first-order chi connectivity index (χ1) is 14.1. The third kappa shape index (κ3) is 4.97. The molecule has 2 aromatic carbocycles. The summed E-state index contributed by atoms with van der Waals surface area (Å²) in [5.41, 5.74) is 3.21. The van der Waals surface area contributed by atoms with Crippen LogP contribution in [0.25, 0.3) is 16.7 Å². The lowest BCUT2D eigenvalue weighted by Gasteiger charge is -2.12. The lowest BCUT2D eigenvalue weighted by atomic mass is 10.1. The van der Waals surface area contributed by atoms with Crippen LogP contribution in [0.2, 0.25) is 0 Å². The van der Waals surface area contributed by atoms with Gasteiger partial charge in [0.05, 0.1) is 13.2 Å². The van der Waals surface area contributed by atoms with E-state index in [9.17, 15) is 9.59 Å². The van der Waals surface area contributed by atoms with E-state index < -0.39 is 5.97 Å². The second kappa shape index (κ2) is 8.40. The number of hydrogen-bond acceptors (Lipinski definition) is 7. The van der Waals surface area contributed by atoms with Crippen LogP contribution in [-0.4, -0.2) is 52.7 Å². The Morgan fingerprint density at radius 2 is 1.90 bits per heavy atom. The quantitative estimate of drug-likeness (QED) is 0.311. The minimum atomic E-state index is -0.512. The number of benzene rings is 2. The van der Waals surface area contributed by atoms with E-state index in [1.54, 1.807) is 4.80 Å². The number of nitrogens with zero attached hydrogens (tertiary/aromatic N) is 3. The van der Waals surface area contributed by atoms with Gasteiger partial charge in [-0.15, -0.1) is 15.0 Å². The predicted octanol–water partition coefficient (Wildman–Crippen LogP) is 2.26. The van der Waals surface area contributed by atoms with Crippen molar-refractivity contribution in [1.29, 1.82) is 0 Å². The number of epoxide rings is 1. The lowest BCUT2D eigenvalue weighted by Crippen LogP contribution is -2.12.